The molecule has 0 aliphatic carbocycles. The molecule has 3 heterocycles. The van der Waals surface area contributed by atoms with Gasteiger partial charge in [-0.2, -0.15) is 4.39 Å². The monoisotopic (exact) mass is 758 g/mol. The van der Waals surface area contributed by atoms with Gasteiger partial charge in [-0.05, 0) is 77.0 Å². The number of anilines is 1. The van der Waals surface area contributed by atoms with E-state index >= 15 is 0 Å². The van der Waals surface area contributed by atoms with Gasteiger partial charge >= 0.3 is 51.4 Å². The number of piperidine rings is 1. The van der Waals surface area contributed by atoms with Crippen LogP contribution in [0.1, 0.15) is 68.4 Å². The van der Waals surface area contributed by atoms with Gasteiger partial charge in [0.25, 0.3) is 11.8 Å². The van der Waals surface area contributed by atoms with Crippen molar-refractivity contribution in [3.63, 3.8) is 0 Å². The summed E-state index contributed by atoms with van der Waals surface area (Å²) in [5.41, 5.74) is 0.203. The average Bonchev–Trinajstić information content (AvgIpc) is 3.51. The number of ether oxygens (including phenoxy) is 1. The van der Waals surface area contributed by atoms with E-state index in [0.29, 0.717) is 31.9 Å². The van der Waals surface area contributed by atoms with Crippen molar-refractivity contribution in [1.82, 2.24) is 24.7 Å². The first kappa shape index (κ1) is 44.7. The molecule has 274 valence electrons. The number of piperazine rings is 1. The molecule has 2 N–H and O–H groups in total. The second-order valence-corrected chi connectivity index (χ2v) is 12.9. The molecule has 5 rings (SSSR count). The van der Waals surface area contributed by atoms with Crippen LogP contribution in [0.5, 0.6) is 5.75 Å². The van der Waals surface area contributed by atoms with Gasteiger partial charge in [0, 0.05) is 56.0 Å². The van der Waals surface area contributed by atoms with E-state index < -0.39 is 23.1 Å². The summed E-state index contributed by atoms with van der Waals surface area (Å²) in [4.78, 5) is 50.3. The van der Waals surface area contributed by atoms with Crippen LogP contribution in [0.4, 0.5) is 14.5 Å². The van der Waals surface area contributed by atoms with E-state index in [0.717, 1.165) is 25.9 Å². The Bertz CT molecular complexity index is 1640. The fraction of sp³-hybridized carbons (Fsp3) is 0.486. The number of carbonyl (C=O) groups is 3. The normalized spacial score (nSPS) is 14.6. The SMILES string of the molecule is CC.CC(C)(C)O[O-].COc1ccc(-c2cnc(C(=O)Nc3ccc(C(=O)N4CCN(C(=O)C5CCNCC5)CC4)c(Cl)c3)n2C)c(F)c1F.[K+]. The van der Waals surface area contributed by atoms with E-state index in [-0.39, 0.29) is 103 Å². The second-order valence-electron chi connectivity index (χ2n) is 12.5. The molecule has 2 saturated heterocycles. The molecule has 0 saturated carbocycles. The zero-order valence-electron chi connectivity index (χ0n) is 30.6. The van der Waals surface area contributed by atoms with Crippen molar-refractivity contribution >= 4 is 35.0 Å². The molecule has 1 aromatic heterocycles. The van der Waals surface area contributed by atoms with Crippen LogP contribution in [0.3, 0.4) is 0 Å². The molecule has 0 atom stereocenters. The van der Waals surface area contributed by atoms with Gasteiger partial charge in [0.1, 0.15) is 0 Å². The molecule has 12 nitrogen and oxygen atoms in total. The van der Waals surface area contributed by atoms with Crippen molar-refractivity contribution in [2.75, 3.05) is 51.7 Å². The quantitative estimate of drug-likeness (QED) is 0.220. The third-order valence-corrected chi connectivity index (χ3v) is 8.32. The number of benzene rings is 2. The first-order valence-corrected chi connectivity index (χ1v) is 16.9. The number of imidazole rings is 1. The molecule has 2 aromatic carbocycles. The van der Waals surface area contributed by atoms with Crippen LogP contribution in [-0.4, -0.2) is 89.1 Å². The molecule has 51 heavy (non-hydrogen) atoms. The Hall–Kier alpha value is -2.47. The molecule has 16 heteroatoms. The molecule has 0 spiro atoms. The number of amides is 3. The van der Waals surface area contributed by atoms with E-state index in [1.165, 1.54) is 49.2 Å². The van der Waals surface area contributed by atoms with Gasteiger partial charge in [0.05, 0.1) is 29.6 Å². The van der Waals surface area contributed by atoms with Crippen LogP contribution < -0.4 is 72.0 Å². The van der Waals surface area contributed by atoms with Crippen molar-refractivity contribution in [3.05, 3.63) is 64.6 Å². The Labute approximate surface area is 345 Å². The molecular formula is C35H46ClF2KN6O6. The summed E-state index contributed by atoms with van der Waals surface area (Å²) in [6.07, 6.45) is 2.94. The number of hydrogen-bond donors (Lipinski definition) is 2. The summed E-state index contributed by atoms with van der Waals surface area (Å²) in [6.45, 7) is 12.6. The van der Waals surface area contributed by atoms with E-state index in [9.17, 15) is 28.4 Å². The number of nitrogens with one attached hydrogen (secondary N) is 2. The van der Waals surface area contributed by atoms with Crippen molar-refractivity contribution in [3.8, 4) is 17.0 Å². The Morgan fingerprint density at radius 2 is 1.59 bits per heavy atom. The number of carbonyl (C=O) groups excluding carboxylic acids is 3. The second kappa shape index (κ2) is 20.7. The van der Waals surface area contributed by atoms with Gasteiger partial charge in [-0.15, -0.1) is 0 Å². The van der Waals surface area contributed by atoms with E-state index in [1.807, 2.05) is 18.7 Å². The predicted octanol–water partition coefficient (Wildman–Crippen LogP) is 1.67. The zero-order chi connectivity index (χ0) is 37.2. The maximum absolute atomic E-state index is 14.6. The topological polar surface area (TPSA) is 141 Å². The molecule has 3 aromatic rings. The Balaban J connectivity index is 0.000000909. The minimum Gasteiger partial charge on any atom is -0.723 e. The largest absolute Gasteiger partial charge is 1.00 e. The Kier molecular flexibility index (Phi) is 18.1. The summed E-state index contributed by atoms with van der Waals surface area (Å²) < 4.78 is 35.0. The summed E-state index contributed by atoms with van der Waals surface area (Å²) in [6, 6.07) is 7.19. The molecule has 0 radical (unpaired) electrons. The molecule has 3 amide bonds. The maximum atomic E-state index is 14.6. The Morgan fingerprint density at radius 1 is 1.00 bits per heavy atom. The predicted molar refractivity (Wildman–Crippen MR) is 185 cm³/mol. The summed E-state index contributed by atoms with van der Waals surface area (Å²) in [7, 11) is 2.74. The molecule has 2 aliphatic rings. The van der Waals surface area contributed by atoms with Crippen molar-refractivity contribution in [2.45, 2.75) is 53.1 Å². The van der Waals surface area contributed by atoms with Crippen LogP contribution in [0.2, 0.25) is 5.02 Å². The summed E-state index contributed by atoms with van der Waals surface area (Å²) in [5, 5.41) is 15.5. The van der Waals surface area contributed by atoms with Gasteiger partial charge in [-0.1, -0.05) is 25.4 Å². The standard InChI is InChI=1S/C29H31ClF2N6O4.C4H10O2.C2H6.K/c1-36-22(20-5-6-23(42-2)25(32)24(20)31)16-34-26(36)27(39)35-18-3-4-19(21(30)15-18)29(41)38-13-11-37(12-14-38)28(40)17-7-9-33-10-8-17;1-4(2,3)6-5;1-2;/h3-6,15-17,33H,7-14H2,1-2H3,(H,35,39);5H,1-3H3;1-2H3;/q;;;+1/p-1. The number of aromatic nitrogens is 2. The third kappa shape index (κ3) is 11.8. The van der Waals surface area contributed by atoms with Crippen LogP contribution in [0, 0.1) is 17.6 Å². The number of methoxy groups -OCH3 is 1. The first-order chi connectivity index (χ1) is 23.7. The van der Waals surface area contributed by atoms with Crippen molar-refractivity contribution in [2.24, 2.45) is 13.0 Å². The molecular weight excluding hydrogens is 713 g/mol. The van der Waals surface area contributed by atoms with Crippen LogP contribution >= 0.6 is 11.6 Å². The summed E-state index contributed by atoms with van der Waals surface area (Å²) >= 11 is 6.45. The minimum absolute atomic E-state index is 0. The first-order valence-electron chi connectivity index (χ1n) is 16.5. The number of halogens is 3. The number of hydrogen-bond acceptors (Lipinski definition) is 8. The maximum Gasteiger partial charge on any atom is 1.00 e. The van der Waals surface area contributed by atoms with E-state index in [2.05, 4.69) is 20.5 Å². The van der Waals surface area contributed by atoms with Crippen LogP contribution in [0.25, 0.3) is 11.3 Å². The zero-order valence-corrected chi connectivity index (χ0v) is 34.4. The summed E-state index contributed by atoms with van der Waals surface area (Å²) in [5.74, 6) is -3.21. The number of nitrogens with zero attached hydrogens (tertiary/aromatic N) is 4. The van der Waals surface area contributed by atoms with E-state index in [1.54, 1.807) is 31.7 Å². The smallest absolute Gasteiger partial charge is 0.723 e. The van der Waals surface area contributed by atoms with Gasteiger partial charge in [0.2, 0.25) is 11.7 Å². The minimum atomic E-state index is -1.14. The molecule has 2 fully saturated rings. The van der Waals surface area contributed by atoms with Crippen LogP contribution in [0.15, 0.2) is 36.5 Å². The fourth-order valence-electron chi connectivity index (χ4n) is 5.34. The molecule has 0 unspecified atom stereocenters. The van der Waals surface area contributed by atoms with Gasteiger partial charge < -0.3 is 39.9 Å². The molecule has 2 aliphatic heterocycles. The van der Waals surface area contributed by atoms with Crippen molar-refractivity contribution in [1.29, 1.82) is 0 Å². The van der Waals surface area contributed by atoms with Crippen LogP contribution in [-0.2, 0) is 16.7 Å². The third-order valence-electron chi connectivity index (χ3n) is 8.01. The van der Waals surface area contributed by atoms with Crippen molar-refractivity contribution < 1.29 is 89.4 Å². The van der Waals surface area contributed by atoms with Gasteiger partial charge in [-0.25, -0.2) is 9.37 Å². The van der Waals surface area contributed by atoms with Gasteiger partial charge in [-0.3, -0.25) is 14.4 Å². The molecule has 0 bridgehead atoms. The average molecular weight is 759 g/mol. The Morgan fingerprint density at radius 3 is 2.14 bits per heavy atom. The fourth-order valence-corrected chi connectivity index (χ4v) is 5.60. The number of rotatable bonds is 6. The van der Waals surface area contributed by atoms with E-state index in [4.69, 9.17) is 16.3 Å². The van der Waals surface area contributed by atoms with Gasteiger partial charge in [0.15, 0.2) is 17.4 Å².